The van der Waals surface area contributed by atoms with Gasteiger partial charge in [-0.3, -0.25) is 0 Å². The summed E-state index contributed by atoms with van der Waals surface area (Å²) in [5.74, 6) is 0.974. The van der Waals surface area contributed by atoms with Crippen molar-refractivity contribution in [2.24, 2.45) is 5.92 Å². The van der Waals surface area contributed by atoms with E-state index in [9.17, 15) is 0 Å². The molecule has 1 N–H and O–H groups in total. The molecule has 0 saturated heterocycles. The number of hydrogen-bond acceptors (Lipinski definition) is 2. The highest BCUT2D eigenvalue weighted by Gasteiger charge is 2.19. The fourth-order valence-electron chi connectivity index (χ4n) is 2.18. The van der Waals surface area contributed by atoms with Gasteiger partial charge >= 0.3 is 0 Å². The second-order valence-corrected chi connectivity index (χ2v) is 5.41. The Kier molecular flexibility index (Phi) is 4.06. The van der Waals surface area contributed by atoms with Crippen LogP contribution in [0.25, 0.3) is 0 Å². The molecule has 1 aromatic carbocycles. The molecule has 17 heavy (non-hydrogen) atoms. The molecular formula is C15H24N2. The van der Waals surface area contributed by atoms with Crippen LogP contribution < -0.4 is 10.2 Å². The zero-order chi connectivity index (χ0) is 12.3. The smallest absolute Gasteiger partial charge is 0.0369 e. The largest absolute Gasteiger partial charge is 0.373 e. The van der Waals surface area contributed by atoms with Gasteiger partial charge in [0.15, 0.2) is 0 Å². The highest BCUT2D eigenvalue weighted by Crippen LogP contribution is 2.27. The molecule has 0 spiro atoms. The normalized spacial score (nSPS) is 15.0. The zero-order valence-corrected chi connectivity index (χ0v) is 11.3. The Morgan fingerprint density at radius 1 is 1.18 bits per heavy atom. The van der Waals surface area contributed by atoms with Crippen molar-refractivity contribution in [2.45, 2.75) is 26.7 Å². The van der Waals surface area contributed by atoms with Gasteiger partial charge in [0.2, 0.25) is 0 Å². The minimum atomic E-state index is 0.974. The topological polar surface area (TPSA) is 15.3 Å². The number of anilines is 1. The molecule has 2 heteroatoms. The Hall–Kier alpha value is -1.02. The Bertz CT molecular complexity index is 349. The van der Waals surface area contributed by atoms with Crippen LogP contribution in [0.1, 0.15) is 24.0 Å². The maximum absolute atomic E-state index is 3.54. The van der Waals surface area contributed by atoms with E-state index in [1.54, 1.807) is 0 Å². The van der Waals surface area contributed by atoms with Crippen molar-refractivity contribution >= 4 is 5.69 Å². The fraction of sp³-hybridized carbons (Fsp3) is 0.600. The van der Waals surface area contributed by atoms with Gasteiger partial charge in [0.1, 0.15) is 0 Å². The van der Waals surface area contributed by atoms with E-state index in [0.717, 1.165) is 19.0 Å². The van der Waals surface area contributed by atoms with E-state index < -0.39 is 0 Å². The van der Waals surface area contributed by atoms with Crippen LogP contribution in [0.2, 0.25) is 0 Å². The van der Waals surface area contributed by atoms with Crippen LogP contribution in [0.5, 0.6) is 0 Å². The first-order chi connectivity index (χ1) is 8.15. The first-order valence-corrected chi connectivity index (χ1v) is 6.65. The van der Waals surface area contributed by atoms with E-state index in [-0.39, 0.29) is 0 Å². The lowest BCUT2D eigenvalue weighted by atomic mass is 10.1. The number of aryl methyl sites for hydroxylation is 2. The van der Waals surface area contributed by atoms with Crippen molar-refractivity contribution in [2.75, 3.05) is 31.6 Å². The van der Waals surface area contributed by atoms with Gasteiger partial charge in [0.25, 0.3) is 0 Å². The fourth-order valence-corrected chi connectivity index (χ4v) is 2.18. The second-order valence-electron chi connectivity index (χ2n) is 5.41. The highest BCUT2D eigenvalue weighted by molar-refractivity contribution is 5.50. The number of hydrogen-bond donors (Lipinski definition) is 1. The summed E-state index contributed by atoms with van der Waals surface area (Å²) in [4.78, 5) is 2.33. The van der Waals surface area contributed by atoms with Gasteiger partial charge in [-0.1, -0.05) is 6.07 Å². The molecule has 0 unspecified atom stereocenters. The van der Waals surface area contributed by atoms with Crippen molar-refractivity contribution < 1.29 is 0 Å². The lowest BCUT2D eigenvalue weighted by Crippen LogP contribution is -2.30. The molecule has 0 aliphatic heterocycles. The van der Waals surface area contributed by atoms with E-state index in [2.05, 4.69) is 49.3 Å². The van der Waals surface area contributed by atoms with Crippen LogP contribution in [-0.2, 0) is 0 Å². The molecule has 0 radical (unpaired) electrons. The van der Waals surface area contributed by atoms with E-state index in [4.69, 9.17) is 0 Å². The van der Waals surface area contributed by atoms with E-state index in [1.807, 2.05) is 0 Å². The van der Waals surface area contributed by atoms with Crippen LogP contribution in [0, 0.1) is 19.8 Å². The third-order valence-electron chi connectivity index (χ3n) is 3.40. The zero-order valence-electron chi connectivity index (χ0n) is 11.3. The number of rotatable bonds is 6. The van der Waals surface area contributed by atoms with Gasteiger partial charge < -0.3 is 10.2 Å². The minimum absolute atomic E-state index is 0.974. The average Bonchev–Trinajstić information content (AvgIpc) is 3.06. The Morgan fingerprint density at radius 2 is 1.82 bits per heavy atom. The first kappa shape index (κ1) is 12.4. The molecule has 1 aliphatic carbocycles. The van der Waals surface area contributed by atoms with Crippen molar-refractivity contribution in [3.05, 3.63) is 29.3 Å². The Balaban J connectivity index is 1.78. The molecule has 1 aromatic rings. The molecule has 0 heterocycles. The van der Waals surface area contributed by atoms with Crippen LogP contribution in [-0.4, -0.2) is 26.7 Å². The van der Waals surface area contributed by atoms with E-state index in [0.29, 0.717) is 0 Å². The summed E-state index contributed by atoms with van der Waals surface area (Å²) >= 11 is 0. The van der Waals surface area contributed by atoms with Gasteiger partial charge in [-0.2, -0.15) is 0 Å². The third kappa shape index (κ3) is 4.04. The second kappa shape index (κ2) is 5.54. The number of benzene rings is 1. The summed E-state index contributed by atoms with van der Waals surface area (Å²) in [6, 6.07) is 6.74. The predicted molar refractivity (Wildman–Crippen MR) is 74.8 cm³/mol. The first-order valence-electron chi connectivity index (χ1n) is 6.65. The summed E-state index contributed by atoms with van der Waals surface area (Å²) in [6.45, 7) is 7.70. The van der Waals surface area contributed by atoms with Gasteiger partial charge in [-0.05, 0) is 62.4 Å². The maximum atomic E-state index is 3.54. The van der Waals surface area contributed by atoms with Crippen LogP contribution in [0.3, 0.4) is 0 Å². The average molecular weight is 232 g/mol. The summed E-state index contributed by atoms with van der Waals surface area (Å²) in [5.41, 5.74) is 4.02. The van der Waals surface area contributed by atoms with Gasteiger partial charge in [0.05, 0.1) is 0 Å². The predicted octanol–water partition coefficient (Wildman–Crippen LogP) is 2.74. The molecule has 1 saturated carbocycles. The summed E-state index contributed by atoms with van der Waals surface area (Å²) in [7, 11) is 2.17. The Morgan fingerprint density at radius 3 is 2.41 bits per heavy atom. The summed E-state index contributed by atoms with van der Waals surface area (Å²) in [5, 5.41) is 3.54. The van der Waals surface area contributed by atoms with Crippen molar-refractivity contribution in [3.8, 4) is 0 Å². The molecule has 2 rings (SSSR count). The highest BCUT2D eigenvalue weighted by atomic mass is 15.1. The number of likely N-dealkylation sites (N-methyl/N-ethyl adjacent to an activating group) is 1. The van der Waals surface area contributed by atoms with Crippen molar-refractivity contribution in [1.29, 1.82) is 0 Å². The standard InChI is InChI=1S/C15H24N2/c1-12-8-13(2)10-15(9-12)17(3)7-6-16-11-14-4-5-14/h8-10,14,16H,4-7,11H2,1-3H3. The SMILES string of the molecule is Cc1cc(C)cc(N(C)CCNCC2CC2)c1. The summed E-state index contributed by atoms with van der Waals surface area (Å²) < 4.78 is 0. The van der Waals surface area contributed by atoms with E-state index >= 15 is 0 Å². The Labute approximate surface area is 105 Å². The molecule has 0 bridgehead atoms. The molecule has 1 fully saturated rings. The lowest BCUT2D eigenvalue weighted by molar-refractivity contribution is 0.634. The number of nitrogens with zero attached hydrogens (tertiary/aromatic N) is 1. The van der Waals surface area contributed by atoms with Gasteiger partial charge in [-0.25, -0.2) is 0 Å². The van der Waals surface area contributed by atoms with Gasteiger partial charge in [-0.15, -0.1) is 0 Å². The van der Waals surface area contributed by atoms with Crippen LogP contribution in [0.4, 0.5) is 5.69 Å². The molecule has 0 amide bonds. The molecule has 0 atom stereocenters. The molecule has 2 nitrogen and oxygen atoms in total. The molecule has 94 valence electrons. The summed E-state index contributed by atoms with van der Waals surface area (Å²) in [6.07, 6.45) is 2.86. The quantitative estimate of drug-likeness (QED) is 0.759. The molecule has 0 aromatic heterocycles. The van der Waals surface area contributed by atoms with Crippen molar-refractivity contribution in [3.63, 3.8) is 0 Å². The minimum Gasteiger partial charge on any atom is -0.373 e. The van der Waals surface area contributed by atoms with Crippen LogP contribution >= 0.6 is 0 Å². The molecule has 1 aliphatic rings. The van der Waals surface area contributed by atoms with Crippen LogP contribution in [0.15, 0.2) is 18.2 Å². The third-order valence-corrected chi connectivity index (χ3v) is 3.40. The lowest BCUT2D eigenvalue weighted by Gasteiger charge is -2.20. The van der Waals surface area contributed by atoms with Crippen molar-refractivity contribution in [1.82, 2.24) is 5.32 Å². The van der Waals surface area contributed by atoms with E-state index in [1.165, 1.54) is 36.2 Å². The van der Waals surface area contributed by atoms with Gasteiger partial charge in [0, 0.05) is 25.8 Å². The number of nitrogens with one attached hydrogen (secondary N) is 1. The monoisotopic (exact) mass is 232 g/mol. The maximum Gasteiger partial charge on any atom is 0.0369 e. The molecular weight excluding hydrogens is 208 g/mol.